The summed E-state index contributed by atoms with van der Waals surface area (Å²) in [6.07, 6.45) is 0. The summed E-state index contributed by atoms with van der Waals surface area (Å²) in [7, 11) is 0. The average molecular weight is 373 g/mol. The van der Waals surface area contributed by atoms with Crippen LogP contribution in [-0.4, -0.2) is 10.5 Å². The summed E-state index contributed by atoms with van der Waals surface area (Å²) in [6.45, 7) is 1.62. The Labute approximate surface area is 162 Å². The quantitative estimate of drug-likeness (QED) is 0.418. The van der Waals surface area contributed by atoms with Crippen LogP contribution in [-0.2, 0) is 4.79 Å². The molecule has 0 bridgehead atoms. The number of halogens is 1. The highest BCUT2D eigenvalue weighted by molar-refractivity contribution is 6.30. The van der Waals surface area contributed by atoms with Gasteiger partial charge in [0.25, 0.3) is 0 Å². The maximum absolute atomic E-state index is 12.7. The fourth-order valence-electron chi connectivity index (χ4n) is 4.09. The van der Waals surface area contributed by atoms with Crippen molar-refractivity contribution in [2.75, 3.05) is 4.90 Å². The van der Waals surface area contributed by atoms with Crippen LogP contribution in [0.5, 0.6) is 0 Å². The first-order valence-electron chi connectivity index (χ1n) is 8.90. The highest BCUT2D eigenvalue weighted by Gasteiger charge is 2.35. The van der Waals surface area contributed by atoms with Gasteiger partial charge >= 0.3 is 0 Å². The standard InChI is InChI=1S/C23H17ClN2O/c1-15(27)25-20-8-4-5-9-21(20)26-19-7-3-2-6-17(19)14-22(26)23(25)16-10-12-18(24)13-11-16/h2-14,23H,1H3. The van der Waals surface area contributed by atoms with E-state index < -0.39 is 0 Å². The van der Waals surface area contributed by atoms with Gasteiger partial charge in [-0.05, 0) is 42.0 Å². The van der Waals surface area contributed by atoms with E-state index in [-0.39, 0.29) is 11.9 Å². The van der Waals surface area contributed by atoms with Crippen molar-refractivity contribution in [1.29, 1.82) is 0 Å². The Hall–Kier alpha value is -3.04. The lowest BCUT2D eigenvalue weighted by molar-refractivity contribution is -0.117. The zero-order valence-electron chi connectivity index (χ0n) is 14.8. The number of carbonyl (C=O) groups excluding carboxylic acids is 1. The molecule has 1 aromatic heterocycles. The summed E-state index contributed by atoms with van der Waals surface area (Å²) in [5, 5.41) is 1.84. The monoisotopic (exact) mass is 372 g/mol. The molecule has 4 heteroatoms. The van der Waals surface area contributed by atoms with Crippen LogP contribution in [0.2, 0.25) is 5.02 Å². The Balaban J connectivity index is 1.88. The molecular formula is C23H17ClN2O. The van der Waals surface area contributed by atoms with Crippen LogP contribution in [0.4, 0.5) is 5.69 Å². The van der Waals surface area contributed by atoms with Crippen LogP contribution in [0, 0.1) is 0 Å². The van der Waals surface area contributed by atoms with Gasteiger partial charge in [0.1, 0.15) is 6.04 Å². The van der Waals surface area contributed by atoms with Gasteiger partial charge in [-0.3, -0.25) is 9.69 Å². The number of fused-ring (bicyclic) bond motifs is 5. The Morgan fingerprint density at radius 3 is 2.30 bits per heavy atom. The number of rotatable bonds is 1. The number of hydrogen-bond donors (Lipinski definition) is 0. The summed E-state index contributed by atoms with van der Waals surface area (Å²) in [4.78, 5) is 14.6. The molecule has 2 heterocycles. The number of para-hydroxylation sites is 3. The van der Waals surface area contributed by atoms with E-state index in [0.717, 1.165) is 33.5 Å². The largest absolute Gasteiger partial charge is 0.309 e. The van der Waals surface area contributed by atoms with E-state index in [1.807, 2.05) is 59.5 Å². The van der Waals surface area contributed by atoms with Crippen molar-refractivity contribution < 1.29 is 4.79 Å². The van der Waals surface area contributed by atoms with E-state index >= 15 is 0 Å². The van der Waals surface area contributed by atoms with E-state index in [9.17, 15) is 4.79 Å². The molecule has 0 saturated carbocycles. The fraction of sp³-hybridized carbons (Fsp3) is 0.0870. The lowest BCUT2D eigenvalue weighted by atomic mass is 9.98. The van der Waals surface area contributed by atoms with Gasteiger partial charge in [-0.1, -0.05) is 54.1 Å². The third-order valence-corrected chi connectivity index (χ3v) is 5.44. The van der Waals surface area contributed by atoms with Crippen molar-refractivity contribution in [3.63, 3.8) is 0 Å². The molecule has 1 aliphatic rings. The molecule has 3 nitrogen and oxygen atoms in total. The molecule has 0 aliphatic carbocycles. The van der Waals surface area contributed by atoms with Gasteiger partial charge in [0.2, 0.25) is 5.91 Å². The van der Waals surface area contributed by atoms with Crippen LogP contribution in [0.25, 0.3) is 16.6 Å². The molecule has 0 spiro atoms. The van der Waals surface area contributed by atoms with Crippen molar-refractivity contribution in [2.24, 2.45) is 0 Å². The molecule has 0 saturated heterocycles. The van der Waals surface area contributed by atoms with E-state index in [1.165, 1.54) is 0 Å². The summed E-state index contributed by atoms with van der Waals surface area (Å²) < 4.78 is 2.27. The summed E-state index contributed by atoms with van der Waals surface area (Å²) in [6, 6.07) is 26.1. The number of nitrogens with zero attached hydrogens (tertiary/aromatic N) is 2. The molecule has 0 radical (unpaired) electrons. The van der Waals surface area contributed by atoms with Gasteiger partial charge in [0, 0.05) is 17.3 Å². The molecule has 132 valence electrons. The summed E-state index contributed by atoms with van der Waals surface area (Å²) >= 11 is 6.11. The number of benzene rings is 3. The molecule has 1 atom stereocenters. The lowest BCUT2D eigenvalue weighted by Crippen LogP contribution is -2.38. The second kappa shape index (κ2) is 6.00. The topological polar surface area (TPSA) is 25.2 Å². The normalized spacial score (nSPS) is 15.5. The van der Waals surface area contributed by atoms with Crippen LogP contribution in [0.3, 0.4) is 0 Å². The number of anilines is 1. The van der Waals surface area contributed by atoms with Gasteiger partial charge in [0.05, 0.1) is 22.6 Å². The van der Waals surface area contributed by atoms with Crippen LogP contribution < -0.4 is 4.90 Å². The minimum Gasteiger partial charge on any atom is -0.309 e. The predicted octanol–water partition coefficient (Wildman–Crippen LogP) is 5.74. The van der Waals surface area contributed by atoms with Crippen molar-refractivity contribution in [3.8, 4) is 5.69 Å². The van der Waals surface area contributed by atoms with Gasteiger partial charge in [0.15, 0.2) is 0 Å². The molecule has 1 aliphatic heterocycles. The molecule has 27 heavy (non-hydrogen) atoms. The number of hydrogen-bond acceptors (Lipinski definition) is 1. The van der Waals surface area contributed by atoms with E-state index in [4.69, 9.17) is 11.6 Å². The zero-order chi connectivity index (χ0) is 18.5. The summed E-state index contributed by atoms with van der Waals surface area (Å²) in [5.41, 5.74) is 5.19. The summed E-state index contributed by atoms with van der Waals surface area (Å²) in [5.74, 6) is 0.0129. The third-order valence-electron chi connectivity index (χ3n) is 5.18. The third kappa shape index (κ3) is 2.39. The fourth-order valence-corrected chi connectivity index (χ4v) is 4.22. The zero-order valence-corrected chi connectivity index (χ0v) is 15.5. The van der Waals surface area contributed by atoms with E-state index in [0.29, 0.717) is 5.02 Å². The van der Waals surface area contributed by atoms with E-state index in [1.54, 1.807) is 6.92 Å². The minimum absolute atomic E-state index is 0.0129. The van der Waals surface area contributed by atoms with Crippen LogP contribution >= 0.6 is 11.6 Å². The first-order valence-corrected chi connectivity index (χ1v) is 9.28. The van der Waals surface area contributed by atoms with Crippen LogP contribution in [0.1, 0.15) is 24.2 Å². The van der Waals surface area contributed by atoms with Gasteiger partial charge in [-0.15, -0.1) is 0 Å². The molecule has 1 unspecified atom stereocenters. The van der Waals surface area contributed by atoms with E-state index in [2.05, 4.69) is 28.8 Å². The van der Waals surface area contributed by atoms with Crippen molar-refractivity contribution in [3.05, 3.63) is 95.1 Å². The minimum atomic E-state index is -0.206. The maximum Gasteiger partial charge on any atom is 0.224 e. The lowest BCUT2D eigenvalue weighted by Gasteiger charge is -2.38. The number of carbonyl (C=O) groups is 1. The first kappa shape index (κ1) is 16.2. The molecule has 0 fully saturated rings. The highest BCUT2D eigenvalue weighted by atomic mass is 35.5. The molecular weight excluding hydrogens is 356 g/mol. The van der Waals surface area contributed by atoms with Crippen molar-refractivity contribution in [2.45, 2.75) is 13.0 Å². The highest BCUT2D eigenvalue weighted by Crippen LogP contribution is 2.44. The Bertz CT molecular complexity index is 1180. The van der Waals surface area contributed by atoms with Crippen molar-refractivity contribution in [1.82, 2.24) is 4.57 Å². The number of amides is 1. The maximum atomic E-state index is 12.7. The van der Waals surface area contributed by atoms with Gasteiger partial charge < -0.3 is 4.57 Å². The van der Waals surface area contributed by atoms with Gasteiger partial charge in [-0.2, -0.15) is 0 Å². The Morgan fingerprint density at radius 1 is 0.889 bits per heavy atom. The van der Waals surface area contributed by atoms with Crippen molar-refractivity contribution >= 4 is 34.1 Å². The second-order valence-corrected chi connectivity index (χ2v) is 7.23. The molecule has 4 aromatic rings. The van der Waals surface area contributed by atoms with Crippen LogP contribution in [0.15, 0.2) is 78.9 Å². The first-order chi connectivity index (χ1) is 13.1. The molecule has 0 N–H and O–H groups in total. The Kier molecular flexibility index (Phi) is 3.59. The SMILES string of the molecule is CC(=O)N1c2ccccc2-n2c(cc3ccccc32)C1c1ccc(Cl)cc1. The molecule has 1 amide bonds. The second-order valence-electron chi connectivity index (χ2n) is 6.80. The average Bonchev–Trinajstić information content (AvgIpc) is 3.07. The molecule has 3 aromatic carbocycles. The number of aromatic nitrogens is 1. The van der Waals surface area contributed by atoms with Gasteiger partial charge in [-0.25, -0.2) is 0 Å². The smallest absolute Gasteiger partial charge is 0.224 e. The Morgan fingerprint density at radius 2 is 1.56 bits per heavy atom. The molecule has 5 rings (SSSR count). The predicted molar refractivity (Wildman–Crippen MR) is 110 cm³/mol.